The van der Waals surface area contributed by atoms with Gasteiger partial charge >= 0.3 is 12.1 Å². The molecule has 0 saturated heterocycles. The Kier molecular flexibility index (Phi) is 6.30. The van der Waals surface area contributed by atoms with Crippen molar-refractivity contribution in [3.8, 4) is 17.5 Å². The molecule has 13 heteroatoms. The van der Waals surface area contributed by atoms with Crippen molar-refractivity contribution in [2.75, 3.05) is 11.8 Å². The third-order valence-electron chi connectivity index (χ3n) is 5.11. The number of aromatic nitrogens is 2. The van der Waals surface area contributed by atoms with Crippen LogP contribution in [0.1, 0.15) is 24.1 Å². The molecule has 1 amide bonds. The van der Waals surface area contributed by atoms with Crippen LogP contribution in [0.5, 0.6) is 17.5 Å². The molecule has 0 fully saturated rings. The number of carbonyl (C=O) groups excluding carboxylic acids is 1. The Morgan fingerprint density at radius 3 is 2.56 bits per heavy atom. The lowest BCUT2D eigenvalue weighted by molar-refractivity contribution is 0.114. The van der Waals surface area contributed by atoms with Crippen LogP contribution in [0.25, 0.3) is 0 Å². The number of halogens is 2. The van der Waals surface area contributed by atoms with E-state index in [1.807, 2.05) is 4.72 Å². The first-order valence-electron chi connectivity index (χ1n) is 9.94. The van der Waals surface area contributed by atoms with Gasteiger partial charge in [0, 0.05) is 30.6 Å². The molecule has 0 spiro atoms. The Balaban J connectivity index is 1.60. The van der Waals surface area contributed by atoms with E-state index >= 15 is 4.39 Å². The van der Waals surface area contributed by atoms with Crippen LogP contribution in [-0.4, -0.2) is 36.4 Å². The maximum atomic E-state index is 15.0. The summed E-state index contributed by atoms with van der Waals surface area (Å²) in [5.41, 5.74) is 0.0809. The lowest BCUT2D eigenvalue weighted by Crippen LogP contribution is -2.39. The zero-order valence-corrected chi connectivity index (χ0v) is 18.8. The van der Waals surface area contributed by atoms with Crippen LogP contribution in [0, 0.1) is 11.6 Å². The highest BCUT2D eigenvalue weighted by atomic mass is 32.2. The van der Waals surface area contributed by atoms with E-state index in [4.69, 9.17) is 9.47 Å². The van der Waals surface area contributed by atoms with Gasteiger partial charge in [0.2, 0.25) is 5.82 Å². The number of anilines is 1. The Morgan fingerprint density at radius 2 is 1.85 bits per heavy atom. The molecule has 178 valence electrons. The van der Waals surface area contributed by atoms with Gasteiger partial charge in [-0.2, -0.15) is 12.8 Å². The van der Waals surface area contributed by atoms with E-state index in [-0.39, 0.29) is 35.3 Å². The van der Waals surface area contributed by atoms with Gasteiger partial charge in [-0.25, -0.2) is 23.9 Å². The standard InChI is InChI=1S/C21H19F2N5O5S/c1-12-14-7-8-16(32-20-25-9-4-10-26-20)18(23)19(14)33-21(29)28(12)11-13-5-3-6-15(17(13)22)27-34(30,31)24-2/h3-10,12,24,27H,11H2,1-2H3/t12-/m0/s1. The molecule has 4 rings (SSSR count). The SMILES string of the molecule is CNS(=O)(=O)Nc1cccc(CN2C(=O)Oc3c(ccc(Oc4ncccn4)c3F)[C@@H]2C)c1F. The van der Waals surface area contributed by atoms with Crippen LogP contribution in [0.2, 0.25) is 0 Å². The van der Waals surface area contributed by atoms with Crippen LogP contribution < -0.4 is 18.9 Å². The summed E-state index contributed by atoms with van der Waals surface area (Å²) in [5, 5.41) is 0. The summed E-state index contributed by atoms with van der Waals surface area (Å²) < 4.78 is 68.0. The molecule has 2 N–H and O–H groups in total. The average molecular weight is 491 g/mol. The van der Waals surface area contributed by atoms with Crippen molar-refractivity contribution in [1.82, 2.24) is 19.6 Å². The summed E-state index contributed by atoms with van der Waals surface area (Å²) in [6, 6.07) is 7.76. The fourth-order valence-corrected chi connectivity index (χ4v) is 3.88. The fourth-order valence-electron chi connectivity index (χ4n) is 3.33. The number of amides is 1. The molecule has 0 radical (unpaired) electrons. The van der Waals surface area contributed by atoms with Crippen LogP contribution in [0.3, 0.4) is 0 Å². The van der Waals surface area contributed by atoms with Gasteiger partial charge in [0.05, 0.1) is 18.3 Å². The second-order valence-electron chi connectivity index (χ2n) is 7.19. The highest BCUT2D eigenvalue weighted by Gasteiger charge is 2.35. The number of benzene rings is 2. The zero-order chi connectivity index (χ0) is 24.5. The number of hydrogen-bond donors (Lipinski definition) is 2. The van der Waals surface area contributed by atoms with Gasteiger partial charge in [-0.05, 0) is 31.2 Å². The summed E-state index contributed by atoms with van der Waals surface area (Å²) in [4.78, 5) is 21.6. The first-order valence-corrected chi connectivity index (χ1v) is 11.4. The third kappa shape index (κ3) is 4.61. The second-order valence-corrected chi connectivity index (χ2v) is 8.81. The summed E-state index contributed by atoms with van der Waals surface area (Å²) in [5.74, 6) is -2.29. The largest absolute Gasteiger partial charge is 0.421 e. The van der Waals surface area contributed by atoms with Crippen LogP contribution in [0.4, 0.5) is 19.3 Å². The highest BCUT2D eigenvalue weighted by molar-refractivity contribution is 7.90. The molecular formula is C21H19F2N5O5S. The molecule has 1 aromatic heterocycles. The number of nitrogens with one attached hydrogen (secondary N) is 2. The molecule has 3 aromatic rings. The molecule has 0 aliphatic carbocycles. The maximum Gasteiger partial charge on any atom is 0.416 e. The molecule has 2 aromatic carbocycles. The Bertz CT molecular complexity index is 1340. The van der Waals surface area contributed by atoms with Crippen molar-refractivity contribution in [2.45, 2.75) is 19.5 Å². The predicted molar refractivity (Wildman–Crippen MR) is 116 cm³/mol. The van der Waals surface area contributed by atoms with Gasteiger partial charge in [-0.1, -0.05) is 12.1 Å². The predicted octanol–water partition coefficient (Wildman–Crippen LogP) is 3.50. The first kappa shape index (κ1) is 23.3. The minimum atomic E-state index is -3.95. The molecule has 34 heavy (non-hydrogen) atoms. The topological polar surface area (TPSA) is 123 Å². The van der Waals surface area contributed by atoms with Crippen molar-refractivity contribution in [3.63, 3.8) is 0 Å². The molecule has 1 aliphatic heterocycles. The summed E-state index contributed by atoms with van der Waals surface area (Å²) in [6.45, 7) is 1.38. The van der Waals surface area contributed by atoms with Gasteiger partial charge in [-0.15, -0.1) is 0 Å². The summed E-state index contributed by atoms with van der Waals surface area (Å²) in [6.07, 6.45) is 1.94. The van der Waals surface area contributed by atoms with E-state index in [1.165, 1.54) is 54.7 Å². The van der Waals surface area contributed by atoms with E-state index in [0.717, 1.165) is 0 Å². The third-order valence-corrected chi connectivity index (χ3v) is 6.14. The Morgan fingerprint density at radius 1 is 1.12 bits per heavy atom. The van der Waals surface area contributed by atoms with E-state index < -0.39 is 34.0 Å². The fraction of sp³-hybridized carbons (Fsp3) is 0.190. The second kappa shape index (κ2) is 9.19. The van der Waals surface area contributed by atoms with Gasteiger partial charge in [0.25, 0.3) is 10.2 Å². The quantitative estimate of drug-likeness (QED) is 0.519. The summed E-state index contributed by atoms with van der Waals surface area (Å²) >= 11 is 0. The average Bonchev–Trinajstić information content (AvgIpc) is 2.81. The highest BCUT2D eigenvalue weighted by Crippen LogP contribution is 2.41. The van der Waals surface area contributed by atoms with Crippen molar-refractivity contribution < 1.29 is 31.5 Å². The number of carbonyl (C=O) groups is 1. The first-order chi connectivity index (χ1) is 16.2. The molecule has 2 heterocycles. The van der Waals surface area contributed by atoms with E-state index in [2.05, 4.69) is 14.7 Å². The van der Waals surface area contributed by atoms with Gasteiger partial charge in [-0.3, -0.25) is 9.62 Å². The minimum absolute atomic E-state index is 0.0326. The Labute approximate surface area is 193 Å². The van der Waals surface area contributed by atoms with Gasteiger partial charge in [0.1, 0.15) is 0 Å². The molecule has 1 atom stereocenters. The van der Waals surface area contributed by atoms with E-state index in [1.54, 1.807) is 13.0 Å². The smallest absolute Gasteiger partial charge is 0.416 e. The molecule has 1 aliphatic rings. The van der Waals surface area contributed by atoms with Crippen LogP contribution in [-0.2, 0) is 16.8 Å². The Hall–Kier alpha value is -3.84. The van der Waals surface area contributed by atoms with Crippen molar-refractivity contribution in [2.24, 2.45) is 0 Å². The number of hydrogen-bond acceptors (Lipinski definition) is 7. The lowest BCUT2D eigenvalue weighted by atomic mass is 10.0. The number of fused-ring (bicyclic) bond motifs is 1. The molecule has 0 bridgehead atoms. The van der Waals surface area contributed by atoms with Crippen molar-refractivity contribution >= 4 is 22.0 Å². The summed E-state index contributed by atoms with van der Waals surface area (Å²) in [7, 11) is -2.77. The molecule has 10 nitrogen and oxygen atoms in total. The zero-order valence-electron chi connectivity index (χ0n) is 18.0. The monoisotopic (exact) mass is 491 g/mol. The number of rotatable bonds is 7. The number of nitrogens with zero attached hydrogens (tertiary/aromatic N) is 3. The molecular weight excluding hydrogens is 472 g/mol. The van der Waals surface area contributed by atoms with Crippen molar-refractivity contribution in [1.29, 1.82) is 0 Å². The van der Waals surface area contributed by atoms with Crippen LogP contribution in [0.15, 0.2) is 48.8 Å². The van der Waals surface area contributed by atoms with Gasteiger partial charge < -0.3 is 9.47 Å². The van der Waals surface area contributed by atoms with E-state index in [9.17, 15) is 17.6 Å². The van der Waals surface area contributed by atoms with Crippen molar-refractivity contribution in [3.05, 3.63) is 71.6 Å². The van der Waals surface area contributed by atoms with Gasteiger partial charge in [0.15, 0.2) is 17.3 Å². The molecule has 0 saturated carbocycles. The normalized spacial score (nSPS) is 15.5. The maximum absolute atomic E-state index is 15.0. The van der Waals surface area contributed by atoms with Crippen LogP contribution >= 0.6 is 0 Å². The van der Waals surface area contributed by atoms with E-state index in [0.29, 0.717) is 5.56 Å². The lowest BCUT2D eigenvalue weighted by Gasteiger charge is -2.34. The molecule has 0 unspecified atom stereocenters. The minimum Gasteiger partial charge on any atom is -0.421 e. The number of ether oxygens (including phenoxy) is 2.